The van der Waals surface area contributed by atoms with Crippen LogP contribution in [0.15, 0.2) is 41.3 Å². The Hall–Kier alpha value is -2.38. The normalized spacial score (nSPS) is 17.5. The lowest BCUT2D eigenvalue weighted by Gasteiger charge is -2.31. The smallest absolute Gasteiger partial charge is 0.258 e. The SMILES string of the molecule is COc1cccc2c1N(C(=O)c1cc(S(=O)(=O)N3CCCCC3)ccc1C)CCC2. The minimum Gasteiger partial charge on any atom is -0.495 e. The highest BCUT2D eigenvalue weighted by molar-refractivity contribution is 7.89. The molecular formula is C23H28N2O4S. The number of fused-ring (bicyclic) bond motifs is 1. The molecule has 2 aromatic carbocycles. The summed E-state index contributed by atoms with van der Waals surface area (Å²) in [5.41, 5.74) is 3.05. The molecule has 2 aliphatic heterocycles. The van der Waals surface area contributed by atoms with Crippen LogP contribution in [0, 0.1) is 6.92 Å². The van der Waals surface area contributed by atoms with Crippen LogP contribution >= 0.6 is 0 Å². The van der Waals surface area contributed by atoms with Gasteiger partial charge in [-0.3, -0.25) is 4.79 Å². The highest BCUT2D eigenvalue weighted by Gasteiger charge is 2.30. The van der Waals surface area contributed by atoms with E-state index in [0.717, 1.165) is 48.9 Å². The van der Waals surface area contributed by atoms with Gasteiger partial charge in [0.1, 0.15) is 5.75 Å². The molecule has 1 saturated heterocycles. The first-order chi connectivity index (χ1) is 14.4. The molecule has 4 rings (SSSR count). The Kier molecular flexibility index (Phi) is 5.84. The molecule has 160 valence electrons. The second-order valence-electron chi connectivity index (χ2n) is 7.97. The van der Waals surface area contributed by atoms with Crippen LogP contribution in [0.3, 0.4) is 0 Å². The minimum atomic E-state index is -3.60. The number of methoxy groups -OCH3 is 1. The van der Waals surface area contributed by atoms with Gasteiger partial charge in [0.05, 0.1) is 17.7 Å². The third kappa shape index (κ3) is 3.72. The number of sulfonamides is 1. The van der Waals surface area contributed by atoms with Gasteiger partial charge in [-0.25, -0.2) is 8.42 Å². The van der Waals surface area contributed by atoms with Gasteiger partial charge in [-0.1, -0.05) is 24.6 Å². The molecule has 7 heteroatoms. The Labute approximate surface area is 178 Å². The van der Waals surface area contributed by atoms with E-state index in [0.29, 0.717) is 30.9 Å². The summed E-state index contributed by atoms with van der Waals surface area (Å²) < 4.78 is 33.3. The number of amides is 1. The second-order valence-corrected chi connectivity index (χ2v) is 9.91. The molecule has 2 heterocycles. The second kappa shape index (κ2) is 8.40. The monoisotopic (exact) mass is 428 g/mol. The van der Waals surface area contributed by atoms with Crippen molar-refractivity contribution in [2.75, 3.05) is 31.6 Å². The van der Waals surface area contributed by atoms with Gasteiger partial charge in [0.15, 0.2) is 0 Å². The van der Waals surface area contributed by atoms with Gasteiger partial charge < -0.3 is 9.64 Å². The van der Waals surface area contributed by atoms with E-state index in [4.69, 9.17) is 4.74 Å². The molecule has 1 amide bonds. The van der Waals surface area contributed by atoms with Crippen LogP contribution in [-0.2, 0) is 16.4 Å². The summed E-state index contributed by atoms with van der Waals surface area (Å²) in [6.45, 7) is 3.50. The van der Waals surface area contributed by atoms with Crippen molar-refractivity contribution in [1.82, 2.24) is 4.31 Å². The zero-order chi connectivity index (χ0) is 21.3. The number of hydrogen-bond donors (Lipinski definition) is 0. The van der Waals surface area contributed by atoms with Crippen LogP contribution in [0.4, 0.5) is 5.69 Å². The van der Waals surface area contributed by atoms with Gasteiger partial charge in [0.2, 0.25) is 10.0 Å². The Morgan fingerprint density at radius 1 is 1.00 bits per heavy atom. The van der Waals surface area contributed by atoms with E-state index < -0.39 is 10.0 Å². The van der Waals surface area contributed by atoms with Crippen molar-refractivity contribution in [2.45, 2.75) is 43.9 Å². The number of para-hydroxylation sites is 1. The molecule has 0 bridgehead atoms. The lowest BCUT2D eigenvalue weighted by molar-refractivity contribution is 0.0983. The van der Waals surface area contributed by atoms with Crippen LogP contribution in [0.1, 0.15) is 47.2 Å². The number of carbonyl (C=O) groups excluding carboxylic acids is 1. The number of nitrogens with zero attached hydrogens (tertiary/aromatic N) is 2. The lowest BCUT2D eigenvalue weighted by atomic mass is 9.99. The largest absolute Gasteiger partial charge is 0.495 e. The van der Waals surface area contributed by atoms with Crippen molar-refractivity contribution in [3.05, 3.63) is 53.1 Å². The van der Waals surface area contributed by atoms with Crippen molar-refractivity contribution in [3.8, 4) is 5.75 Å². The summed E-state index contributed by atoms with van der Waals surface area (Å²) in [5.74, 6) is 0.476. The van der Waals surface area contributed by atoms with Crippen molar-refractivity contribution in [2.24, 2.45) is 0 Å². The molecule has 2 aliphatic rings. The molecule has 0 radical (unpaired) electrons. The Bertz CT molecular complexity index is 1040. The van der Waals surface area contributed by atoms with E-state index >= 15 is 0 Å². The third-order valence-electron chi connectivity index (χ3n) is 6.04. The topological polar surface area (TPSA) is 66.9 Å². The molecule has 2 aromatic rings. The summed E-state index contributed by atoms with van der Waals surface area (Å²) in [6.07, 6.45) is 4.55. The maximum absolute atomic E-state index is 13.6. The Morgan fingerprint density at radius 3 is 2.50 bits per heavy atom. The van der Waals surface area contributed by atoms with Gasteiger partial charge in [0.25, 0.3) is 5.91 Å². The van der Waals surface area contributed by atoms with E-state index in [-0.39, 0.29) is 10.8 Å². The molecule has 0 unspecified atom stereocenters. The molecule has 0 aliphatic carbocycles. The maximum Gasteiger partial charge on any atom is 0.258 e. The minimum absolute atomic E-state index is 0.186. The van der Waals surface area contributed by atoms with E-state index in [2.05, 4.69) is 0 Å². The van der Waals surface area contributed by atoms with Crippen LogP contribution < -0.4 is 9.64 Å². The van der Waals surface area contributed by atoms with Crippen molar-refractivity contribution < 1.29 is 17.9 Å². The average Bonchev–Trinajstić information content (AvgIpc) is 2.78. The van der Waals surface area contributed by atoms with Crippen molar-refractivity contribution in [3.63, 3.8) is 0 Å². The fourth-order valence-electron chi connectivity index (χ4n) is 4.37. The van der Waals surface area contributed by atoms with Gasteiger partial charge in [-0.15, -0.1) is 0 Å². The van der Waals surface area contributed by atoms with Gasteiger partial charge in [-0.05, 0) is 61.9 Å². The molecule has 30 heavy (non-hydrogen) atoms. The van der Waals surface area contributed by atoms with Gasteiger partial charge in [0, 0.05) is 25.2 Å². The van der Waals surface area contributed by atoms with E-state index in [1.54, 1.807) is 30.2 Å². The summed E-state index contributed by atoms with van der Waals surface area (Å²) in [5, 5.41) is 0. The summed E-state index contributed by atoms with van der Waals surface area (Å²) in [7, 11) is -2.00. The first-order valence-electron chi connectivity index (χ1n) is 10.5. The lowest BCUT2D eigenvalue weighted by Crippen LogP contribution is -2.37. The van der Waals surface area contributed by atoms with E-state index in [1.165, 1.54) is 4.31 Å². The Balaban J connectivity index is 1.72. The number of benzene rings is 2. The van der Waals surface area contributed by atoms with Crippen LogP contribution in [0.25, 0.3) is 0 Å². The summed E-state index contributed by atoms with van der Waals surface area (Å²) in [6, 6.07) is 10.7. The van der Waals surface area contributed by atoms with Gasteiger partial charge >= 0.3 is 0 Å². The molecule has 6 nitrogen and oxygen atoms in total. The third-order valence-corrected chi connectivity index (χ3v) is 7.93. The summed E-state index contributed by atoms with van der Waals surface area (Å²) in [4.78, 5) is 15.5. The molecule has 0 saturated carbocycles. The highest BCUT2D eigenvalue weighted by Crippen LogP contribution is 2.37. The number of carbonyl (C=O) groups is 1. The fraction of sp³-hybridized carbons (Fsp3) is 0.435. The predicted molar refractivity (Wildman–Crippen MR) is 117 cm³/mol. The molecular weight excluding hydrogens is 400 g/mol. The summed E-state index contributed by atoms with van der Waals surface area (Å²) >= 11 is 0. The number of piperidine rings is 1. The molecule has 0 atom stereocenters. The maximum atomic E-state index is 13.6. The number of aryl methyl sites for hydroxylation is 2. The number of anilines is 1. The fourth-order valence-corrected chi connectivity index (χ4v) is 5.92. The average molecular weight is 429 g/mol. The number of hydrogen-bond acceptors (Lipinski definition) is 4. The molecule has 0 spiro atoms. The molecule has 1 fully saturated rings. The molecule has 0 N–H and O–H groups in total. The van der Waals surface area contributed by atoms with Crippen LogP contribution in [0.2, 0.25) is 0 Å². The van der Waals surface area contributed by atoms with Crippen LogP contribution in [0.5, 0.6) is 5.75 Å². The van der Waals surface area contributed by atoms with Crippen molar-refractivity contribution in [1.29, 1.82) is 0 Å². The predicted octanol–water partition coefficient (Wildman–Crippen LogP) is 3.77. The van der Waals surface area contributed by atoms with E-state index in [9.17, 15) is 13.2 Å². The van der Waals surface area contributed by atoms with E-state index in [1.807, 2.05) is 25.1 Å². The quantitative estimate of drug-likeness (QED) is 0.744. The highest BCUT2D eigenvalue weighted by atomic mass is 32.2. The first kappa shape index (κ1) is 20.9. The standard InChI is InChI=1S/C23H28N2O4S/c1-17-11-12-19(30(27,28)24-13-4-3-5-14-24)16-20(17)23(26)25-15-7-9-18-8-6-10-21(29-2)22(18)25/h6,8,10-12,16H,3-5,7,9,13-15H2,1-2H3. The number of rotatable bonds is 4. The zero-order valence-electron chi connectivity index (χ0n) is 17.6. The Morgan fingerprint density at radius 2 is 1.77 bits per heavy atom. The zero-order valence-corrected chi connectivity index (χ0v) is 18.4. The first-order valence-corrected chi connectivity index (χ1v) is 12.0. The van der Waals surface area contributed by atoms with Gasteiger partial charge in [-0.2, -0.15) is 4.31 Å². The van der Waals surface area contributed by atoms with Crippen LogP contribution in [-0.4, -0.2) is 45.4 Å². The van der Waals surface area contributed by atoms with Crippen molar-refractivity contribution >= 4 is 21.6 Å². The molecule has 0 aromatic heterocycles. The number of ether oxygens (including phenoxy) is 1.